The maximum absolute atomic E-state index is 5.15. The number of rotatable bonds is 2. The first kappa shape index (κ1) is 21.2. The summed E-state index contributed by atoms with van der Waals surface area (Å²) < 4.78 is 2.73. The molecule has 0 bridgehead atoms. The van der Waals surface area contributed by atoms with Crippen LogP contribution in [-0.2, 0) is 0 Å². The number of benzene rings is 7. The number of nitrogens with zero attached hydrogens (tertiary/aromatic N) is 1. The van der Waals surface area contributed by atoms with Crippen LogP contribution in [0.1, 0.15) is 0 Å². The van der Waals surface area contributed by atoms with Crippen molar-refractivity contribution in [3.05, 3.63) is 127 Å². The van der Waals surface area contributed by atoms with Crippen LogP contribution in [0.25, 0.3) is 85.8 Å². The van der Waals surface area contributed by atoms with Gasteiger partial charge >= 0.3 is 0 Å². The van der Waals surface area contributed by atoms with Crippen molar-refractivity contribution in [1.29, 1.82) is 0 Å². The molecule has 2 heterocycles. The minimum Gasteiger partial charge on any atom is -0.247 e. The average Bonchev–Trinajstić information content (AvgIpc) is 3.40. The molecule has 0 unspecified atom stereocenters. The van der Waals surface area contributed by atoms with Gasteiger partial charge < -0.3 is 0 Å². The lowest BCUT2D eigenvalue weighted by Crippen LogP contribution is -1.88. The highest BCUT2D eigenvalue weighted by atomic mass is 32.1. The predicted molar refractivity (Wildman–Crippen MR) is 169 cm³/mol. The molecule has 0 spiro atoms. The van der Waals surface area contributed by atoms with Crippen LogP contribution >= 0.6 is 11.3 Å². The number of aromatic nitrogens is 1. The maximum Gasteiger partial charge on any atom is 0.0787 e. The Kier molecular flexibility index (Phi) is 4.27. The maximum atomic E-state index is 5.15. The van der Waals surface area contributed by atoms with Crippen LogP contribution in [0.2, 0.25) is 0 Å². The highest BCUT2D eigenvalue weighted by molar-refractivity contribution is 7.26. The molecule has 0 aliphatic carbocycles. The van der Waals surface area contributed by atoms with Crippen molar-refractivity contribution >= 4 is 74.7 Å². The van der Waals surface area contributed by atoms with E-state index in [-0.39, 0.29) is 0 Å². The summed E-state index contributed by atoms with van der Waals surface area (Å²) in [5, 5.41) is 11.5. The van der Waals surface area contributed by atoms with Crippen molar-refractivity contribution in [1.82, 2.24) is 4.98 Å². The van der Waals surface area contributed by atoms with Gasteiger partial charge in [0.25, 0.3) is 0 Å². The third-order valence-corrected chi connectivity index (χ3v) is 9.37. The van der Waals surface area contributed by atoms with Crippen molar-refractivity contribution in [3.8, 4) is 22.4 Å². The van der Waals surface area contributed by atoms with E-state index < -0.39 is 0 Å². The summed E-state index contributed by atoms with van der Waals surface area (Å²) in [4.78, 5) is 5.15. The molecule has 2 aromatic heterocycles. The van der Waals surface area contributed by atoms with Gasteiger partial charge in [-0.05, 0) is 62.3 Å². The molecule has 0 amide bonds. The second-order valence-corrected chi connectivity index (χ2v) is 11.4. The monoisotopic (exact) mass is 511 g/mol. The zero-order chi connectivity index (χ0) is 25.5. The van der Waals surface area contributed by atoms with Gasteiger partial charge in [-0.25, -0.2) is 4.98 Å². The summed E-state index contributed by atoms with van der Waals surface area (Å²) in [6, 6.07) is 46.5. The van der Waals surface area contributed by atoms with Crippen molar-refractivity contribution in [2.75, 3.05) is 0 Å². The van der Waals surface area contributed by atoms with Crippen LogP contribution < -0.4 is 0 Å². The number of thiophene rings is 1. The minimum absolute atomic E-state index is 1.00. The molecule has 0 saturated heterocycles. The van der Waals surface area contributed by atoms with E-state index in [1.165, 1.54) is 69.0 Å². The van der Waals surface area contributed by atoms with Crippen molar-refractivity contribution < 1.29 is 0 Å². The number of pyridine rings is 1. The number of fused-ring (bicyclic) bond motifs is 4. The second kappa shape index (κ2) is 7.86. The van der Waals surface area contributed by atoms with E-state index in [0.717, 1.165) is 16.8 Å². The fraction of sp³-hybridized carbons (Fsp3) is 0. The molecule has 9 rings (SSSR count). The predicted octanol–water partition coefficient (Wildman–Crippen LogP) is 10.8. The zero-order valence-electron chi connectivity index (χ0n) is 21.0. The molecule has 2 heteroatoms. The Morgan fingerprint density at radius 3 is 2.10 bits per heavy atom. The van der Waals surface area contributed by atoms with Gasteiger partial charge in [0, 0.05) is 36.5 Å². The van der Waals surface area contributed by atoms with E-state index in [2.05, 4.69) is 127 Å². The van der Waals surface area contributed by atoms with E-state index in [1.807, 2.05) is 11.3 Å². The van der Waals surface area contributed by atoms with Crippen LogP contribution in [0.15, 0.2) is 127 Å². The molecule has 0 atom stereocenters. The SMILES string of the molecule is c1ccc2c(c1)ccc1ccc(-c3ccc4ccc(-c5ccc6ccc7cccc8sc5c6c78)cc4c3)nc12. The third-order valence-electron chi connectivity index (χ3n) is 8.18. The molecule has 0 saturated carbocycles. The fourth-order valence-corrected chi connectivity index (χ4v) is 7.56. The lowest BCUT2D eigenvalue weighted by Gasteiger charge is -2.10. The Balaban J connectivity index is 1.22. The summed E-state index contributed by atoms with van der Waals surface area (Å²) >= 11 is 1.91. The van der Waals surface area contributed by atoms with Crippen molar-refractivity contribution in [2.45, 2.75) is 0 Å². The normalized spacial score (nSPS) is 12.1. The van der Waals surface area contributed by atoms with E-state index in [1.54, 1.807) is 0 Å². The summed E-state index contributed by atoms with van der Waals surface area (Å²) in [7, 11) is 0. The summed E-state index contributed by atoms with van der Waals surface area (Å²) in [6.07, 6.45) is 0. The first-order valence-corrected chi connectivity index (χ1v) is 14.1. The summed E-state index contributed by atoms with van der Waals surface area (Å²) in [6.45, 7) is 0. The lowest BCUT2D eigenvalue weighted by atomic mass is 9.95. The van der Waals surface area contributed by atoms with Gasteiger partial charge in [0.05, 0.1) is 11.2 Å². The Hall–Kier alpha value is -4.79. The van der Waals surface area contributed by atoms with E-state index in [4.69, 9.17) is 4.98 Å². The van der Waals surface area contributed by atoms with Gasteiger partial charge in [-0.2, -0.15) is 0 Å². The summed E-state index contributed by atoms with van der Waals surface area (Å²) in [5.41, 5.74) is 5.76. The first-order valence-electron chi connectivity index (χ1n) is 13.3. The molecule has 0 fully saturated rings. The van der Waals surface area contributed by atoms with Crippen molar-refractivity contribution in [2.24, 2.45) is 0 Å². The molecule has 39 heavy (non-hydrogen) atoms. The molecule has 180 valence electrons. The highest BCUT2D eigenvalue weighted by Crippen LogP contribution is 2.45. The standard InChI is InChI=1S/C37H21NS/c1-2-6-30-23(4-1)10-13-26-17-19-32(38-36(26)30)28-15-9-22-8-14-27(20-29(22)21-28)31-18-16-25-12-11-24-5-3-7-33-34(24)35(25)37(31)39-33/h1-21H. The Bertz CT molecular complexity index is 2390. The quantitative estimate of drug-likeness (QED) is 0.210. The largest absolute Gasteiger partial charge is 0.247 e. The molecule has 9 aromatic rings. The van der Waals surface area contributed by atoms with Gasteiger partial charge in [0.2, 0.25) is 0 Å². The molecule has 0 aliphatic rings. The summed E-state index contributed by atoms with van der Waals surface area (Å²) in [5.74, 6) is 0. The smallest absolute Gasteiger partial charge is 0.0787 e. The van der Waals surface area contributed by atoms with Crippen LogP contribution in [0, 0.1) is 0 Å². The molecule has 7 aromatic carbocycles. The van der Waals surface area contributed by atoms with Gasteiger partial charge in [0.1, 0.15) is 0 Å². The van der Waals surface area contributed by atoms with E-state index in [0.29, 0.717) is 0 Å². The number of hydrogen-bond acceptors (Lipinski definition) is 2. The van der Waals surface area contributed by atoms with Gasteiger partial charge in [0.15, 0.2) is 0 Å². The van der Waals surface area contributed by atoms with Crippen LogP contribution in [0.3, 0.4) is 0 Å². The Labute approximate surface area is 228 Å². The zero-order valence-corrected chi connectivity index (χ0v) is 21.8. The third kappa shape index (κ3) is 3.10. The highest BCUT2D eigenvalue weighted by Gasteiger charge is 2.15. The van der Waals surface area contributed by atoms with Gasteiger partial charge in [-0.1, -0.05) is 103 Å². The van der Waals surface area contributed by atoms with E-state index in [9.17, 15) is 0 Å². The molecular formula is C37H21NS. The molecule has 0 N–H and O–H groups in total. The fourth-order valence-electron chi connectivity index (χ4n) is 6.25. The van der Waals surface area contributed by atoms with Crippen molar-refractivity contribution in [3.63, 3.8) is 0 Å². The van der Waals surface area contributed by atoms with Crippen LogP contribution in [0.5, 0.6) is 0 Å². The first-order chi connectivity index (χ1) is 19.3. The van der Waals surface area contributed by atoms with Gasteiger partial charge in [-0.15, -0.1) is 11.3 Å². The van der Waals surface area contributed by atoms with E-state index >= 15 is 0 Å². The minimum atomic E-state index is 1.00. The van der Waals surface area contributed by atoms with Crippen LogP contribution in [0.4, 0.5) is 0 Å². The molecule has 0 radical (unpaired) electrons. The topological polar surface area (TPSA) is 12.9 Å². The Morgan fingerprint density at radius 1 is 0.462 bits per heavy atom. The second-order valence-electron chi connectivity index (χ2n) is 10.4. The Morgan fingerprint density at radius 2 is 1.15 bits per heavy atom. The number of hydrogen-bond donors (Lipinski definition) is 0. The van der Waals surface area contributed by atoms with Gasteiger partial charge in [-0.3, -0.25) is 0 Å². The molecular weight excluding hydrogens is 490 g/mol. The molecule has 1 nitrogen and oxygen atoms in total. The lowest BCUT2D eigenvalue weighted by molar-refractivity contribution is 1.42. The average molecular weight is 512 g/mol. The molecule has 0 aliphatic heterocycles. The van der Waals surface area contributed by atoms with Crippen LogP contribution in [-0.4, -0.2) is 4.98 Å².